The van der Waals surface area contributed by atoms with E-state index < -0.39 is 0 Å². The van der Waals surface area contributed by atoms with E-state index in [0.29, 0.717) is 25.2 Å². The molecule has 2 heterocycles. The lowest BCUT2D eigenvalue weighted by molar-refractivity contribution is -0.136. The van der Waals surface area contributed by atoms with Gasteiger partial charge < -0.3 is 10.0 Å². The van der Waals surface area contributed by atoms with Gasteiger partial charge in [0.1, 0.15) is 0 Å². The maximum absolute atomic E-state index is 12.6. The third-order valence-electron chi connectivity index (χ3n) is 5.72. The van der Waals surface area contributed by atoms with Crippen LogP contribution in [0.4, 0.5) is 0 Å². The molecule has 2 atom stereocenters. The number of hydrogen-bond acceptors (Lipinski definition) is 4. The number of hydrogen-bond donors (Lipinski definition) is 1. The van der Waals surface area contributed by atoms with Gasteiger partial charge in [-0.3, -0.25) is 9.36 Å². The van der Waals surface area contributed by atoms with E-state index in [1.54, 1.807) is 11.5 Å². The molecular formula is C18H27N3O3. The van der Waals surface area contributed by atoms with Gasteiger partial charge in [0.25, 0.3) is 0 Å². The van der Waals surface area contributed by atoms with Crippen LogP contribution in [-0.2, 0) is 11.3 Å². The number of aliphatic hydroxyl groups excluding tert-OH is 1. The molecule has 6 heteroatoms. The van der Waals surface area contributed by atoms with Crippen molar-refractivity contribution in [2.75, 3.05) is 13.1 Å². The first-order valence-corrected chi connectivity index (χ1v) is 8.92. The Morgan fingerprint density at radius 1 is 1.38 bits per heavy atom. The topological polar surface area (TPSA) is 75.4 Å². The number of aromatic nitrogens is 2. The molecule has 1 aromatic heterocycles. The van der Waals surface area contributed by atoms with Gasteiger partial charge in [-0.05, 0) is 45.6 Å². The fraction of sp³-hybridized carbons (Fsp3) is 0.722. The molecule has 0 aromatic carbocycles. The van der Waals surface area contributed by atoms with E-state index in [9.17, 15) is 14.7 Å². The van der Waals surface area contributed by atoms with Gasteiger partial charge in [0.15, 0.2) is 0 Å². The number of carbonyl (C=O) groups excluding carboxylic acids is 1. The molecule has 2 aliphatic rings. The minimum absolute atomic E-state index is 0.0695. The third kappa shape index (κ3) is 3.24. The van der Waals surface area contributed by atoms with Crippen LogP contribution in [0, 0.1) is 19.3 Å². The van der Waals surface area contributed by atoms with E-state index in [2.05, 4.69) is 4.98 Å². The van der Waals surface area contributed by atoms with E-state index in [1.807, 2.05) is 17.9 Å². The van der Waals surface area contributed by atoms with Crippen LogP contribution in [0.5, 0.6) is 0 Å². The van der Waals surface area contributed by atoms with Gasteiger partial charge in [0.05, 0.1) is 6.10 Å². The zero-order valence-corrected chi connectivity index (χ0v) is 14.6. The highest BCUT2D eigenvalue weighted by Crippen LogP contribution is 2.45. The Labute approximate surface area is 142 Å². The summed E-state index contributed by atoms with van der Waals surface area (Å²) < 4.78 is 1.56. The van der Waals surface area contributed by atoms with Crippen molar-refractivity contribution >= 4 is 5.91 Å². The first-order chi connectivity index (χ1) is 11.4. The molecule has 1 saturated carbocycles. The molecule has 1 aromatic rings. The number of carbonyl (C=O) groups is 1. The van der Waals surface area contributed by atoms with Crippen LogP contribution in [-0.4, -0.2) is 44.7 Å². The summed E-state index contributed by atoms with van der Waals surface area (Å²) in [5, 5.41) is 10.3. The minimum atomic E-state index is -0.290. The highest BCUT2D eigenvalue weighted by molar-refractivity contribution is 5.76. The van der Waals surface area contributed by atoms with Crippen LogP contribution in [0.3, 0.4) is 0 Å². The molecule has 0 bridgehead atoms. The average Bonchev–Trinajstić information content (AvgIpc) is 2.86. The zero-order chi connectivity index (χ0) is 17.3. The van der Waals surface area contributed by atoms with Crippen molar-refractivity contribution in [2.24, 2.45) is 5.41 Å². The molecule has 1 saturated heterocycles. The van der Waals surface area contributed by atoms with Crippen molar-refractivity contribution in [1.29, 1.82) is 0 Å². The number of amides is 1. The number of nitrogens with zero attached hydrogens (tertiary/aromatic N) is 3. The molecule has 1 N–H and O–H groups in total. The van der Waals surface area contributed by atoms with E-state index in [4.69, 9.17) is 0 Å². The quantitative estimate of drug-likeness (QED) is 0.907. The molecule has 1 spiro atoms. The summed E-state index contributed by atoms with van der Waals surface area (Å²) in [6.45, 7) is 5.44. The molecule has 1 aliphatic carbocycles. The van der Waals surface area contributed by atoms with Crippen molar-refractivity contribution in [2.45, 2.75) is 65.0 Å². The van der Waals surface area contributed by atoms with Crippen LogP contribution < -0.4 is 5.69 Å². The molecule has 132 valence electrons. The molecule has 6 nitrogen and oxygen atoms in total. The van der Waals surface area contributed by atoms with Gasteiger partial charge in [-0.25, -0.2) is 4.79 Å². The van der Waals surface area contributed by atoms with Gasteiger partial charge in [-0.2, -0.15) is 4.98 Å². The minimum Gasteiger partial charge on any atom is -0.392 e. The molecule has 1 amide bonds. The Balaban J connectivity index is 1.64. The Morgan fingerprint density at radius 2 is 2.12 bits per heavy atom. The van der Waals surface area contributed by atoms with Gasteiger partial charge >= 0.3 is 5.69 Å². The SMILES string of the molecule is Cc1cc(C)n(CCC(=O)N2CCC[C@@]3(CCC[C@H]3O)C2)c(=O)n1. The van der Waals surface area contributed by atoms with Crippen molar-refractivity contribution < 1.29 is 9.90 Å². The Hall–Kier alpha value is -1.69. The summed E-state index contributed by atoms with van der Waals surface area (Å²) in [4.78, 5) is 30.4. The van der Waals surface area contributed by atoms with Crippen LogP contribution in [0.25, 0.3) is 0 Å². The number of aryl methyl sites for hydroxylation is 2. The zero-order valence-electron chi connectivity index (χ0n) is 14.6. The lowest BCUT2D eigenvalue weighted by Gasteiger charge is -2.42. The second-order valence-electron chi connectivity index (χ2n) is 7.41. The summed E-state index contributed by atoms with van der Waals surface area (Å²) in [7, 11) is 0. The number of piperidine rings is 1. The molecular weight excluding hydrogens is 306 g/mol. The highest BCUT2D eigenvalue weighted by atomic mass is 16.3. The second kappa shape index (κ2) is 6.67. The van der Waals surface area contributed by atoms with E-state index in [-0.39, 0.29) is 23.1 Å². The Kier molecular flexibility index (Phi) is 4.76. The molecule has 3 rings (SSSR count). The standard InChI is InChI=1S/C18H27N3O3/c1-13-11-14(2)21(17(24)19-13)10-6-16(23)20-9-4-8-18(12-20)7-3-5-15(18)22/h11,15,22H,3-10,12H2,1-2H3/t15-,18+/m1/s1. The van der Waals surface area contributed by atoms with Crippen molar-refractivity contribution in [3.8, 4) is 0 Å². The van der Waals surface area contributed by atoms with Gasteiger partial charge in [0.2, 0.25) is 5.91 Å². The van der Waals surface area contributed by atoms with E-state index in [1.165, 1.54) is 0 Å². The Morgan fingerprint density at radius 3 is 2.79 bits per heavy atom. The van der Waals surface area contributed by atoms with Gasteiger partial charge in [0, 0.05) is 42.9 Å². The van der Waals surface area contributed by atoms with Crippen LogP contribution in [0.15, 0.2) is 10.9 Å². The molecule has 1 aliphatic heterocycles. The highest BCUT2D eigenvalue weighted by Gasteiger charge is 2.45. The van der Waals surface area contributed by atoms with Crippen molar-refractivity contribution in [3.05, 3.63) is 27.9 Å². The summed E-state index contributed by atoms with van der Waals surface area (Å²) in [5.41, 5.74) is 1.16. The average molecular weight is 333 g/mol. The smallest absolute Gasteiger partial charge is 0.347 e. The lowest BCUT2D eigenvalue weighted by Crippen LogP contribution is -2.49. The monoisotopic (exact) mass is 333 g/mol. The molecule has 0 unspecified atom stereocenters. The number of rotatable bonds is 3. The van der Waals surface area contributed by atoms with Gasteiger partial charge in [-0.1, -0.05) is 6.42 Å². The lowest BCUT2D eigenvalue weighted by atomic mass is 9.76. The largest absolute Gasteiger partial charge is 0.392 e. The number of aliphatic hydroxyl groups is 1. The predicted octanol–water partition coefficient (Wildman–Crippen LogP) is 1.40. The van der Waals surface area contributed by atoms with Crippen LogP contribution in [0.1, 0.15) is 49.9 Å². The fourth-order valence-corrected chi connectivity index (χ4v) is 4.38. The summed E-state index contributed by atoms with van der Waals surface area (Å²) in [6.07, 6.45) is 4.90. The normalized spacial score (nSPS) is 27.0. The first-order valence-electron chi connectivity index (χ1n) is 8.92. The molecule has 0 radical (unpaired) electrons. The van der Waals surface area contributed by atoms with Gasteiger partial charge in [-0.15, -0.1) is 0 Å². The third-order valence-corrected chi connectivity index (χ3v) is 5.72. The Bertz CT molecular complexity index is 685. The predicted molar refractivity (Wildman–Crippen MR) is 90.7 cm³/mol. The second-order valence-corrected chi connectivity index (χ2v) is 7.41. The van der Waals surface area contributed by atoms with Crippen molar-refractivity contribution in [3.63, 3.8) is 0 Å². The summed E-state index contributed by atoms with van der Waals surface area (Å²) >= 11 is 0. The maximum Gasteiger partial charge on any atom is 0.347 e. The summed E-state index contributed by atoms with van der Waals surface area (Å²) in [5.74, 6) is 0.0695. The van der Waals surface area contributed by atoms with E-state index in [0.717, 1.165) is 44.3 Å². The molecule has 24 heavy (non-hydrogen) atoms. The molecule has 2 fully saturated rings. The first kappa shape index (κ1) is 17.1. The van der Waals surface area contributed by atoms with Crippen molar-refractivity contribution in [1.82, 2.24) is 14.5 Å². The number of likely N-dealkylation sites (tertiary alicyclic amines) is 1. The van der Waals surface area contributed by atoms with E-state index >= 15 is 0 Å². The maximum atomic E-state index is 12.6. The fourth-order valence-electron chi connectivity index (χ4n) is 4.38. The summed E-state index contributed by atoms with van der Waals surface area (Å²) in [6, 6.07) is 1.86. The van der Waals surface area contributed by atoms with Crippen LogP contribution >= 0.6 is 0 Å². The van der Waals surface area contributed by atoms with Crippen LogP contribution in [0.2, 0.25) is 0 Å².